The van der Waals surface area contributed by atoms with Crippen molar-refractivity contribution in [2.75, 3.05) is 27.1 Å². The Labute approximate surface area is 53.7 Å². The summed E-state index contributed by atoms with van der Waals surface area (Å²) in [5.74, 6) is 0. The van der Waals surface area contributed by atoms with E-state index in [0.29, 0.717) is 0 Å². The lowest BCUT2D eigenvalue weighted by molar-refractivity contribution is 0.404. The summed E-state index contributed by atoms with van der Waals surface area (Å²) < 4.78 is 14.9. The van der Waals surface area contributed by atoms with Gasteiger partial charge in [-0.15, -0.1) is 9.24 Å². The van der Waals surface area contributed by atoms with Gasteiger partial charge in [0.05, 0.1) is 0 Å². The summed E-state index contributed by atoms with van der Waals surface area (Å²) in [5.41, 5.74) is 0. The Balaban J connectivity index is 0. The van der Waals surface area contributed by atoms with Crippen molar-refractivity contribution in [3.05, 3.63) is 0 Å². The molecule has 0 aliphatic carbocycles. The Kier molecular flexibility index (Phi) is 8.21. The highest BCUT2D eigenvalue weighted by Crippen LogP contribution is 2.35. The smallest absolute Gasteiger partial charge is 0.196 e. The Bertz CT molecular complexity index is 76.1. The second-order valence-corrected chi connectivity index (χ2v) is 4.30. The quantitative estimate of drug-likeness (QED) is 0.539. The molecular weight excluding hydrogens is 142 g/mol. The van der Waals surface area contributed by atoms with Crippen LogP contribution in [0.2, 0.25) is 0 Å². The monoisotopic (exact) mass is 156 g/mol. The van der Waals surface area contributed by atoms with Crippen molar-refractivity contribution in [1.82, 2.24) is 0 Å². The molecule has 0 N–H and O–H groups in total. The molecule has 2 nitrogen and oxygen atoms in total. The third kappa shape index (κ3) is 16.0. The summed E-state index contributed by atoms with van der Waals surface area (Å²) in [5, 5.41) is 0. The van der Waals surface area contributed by atoms with Gasteiger partial charge in [-0.05, 0) is 0 Å². The van der Waals surface area contributed by atoms with Gasteiger partial charge < -0.3 is 4.52 Å². The molecule has 0 aliphatic heterocycles. The van der Waals surface area contributed by atoms with E-state index in [1.165, 1.54) is 7.11 Å². The first kappa shape index (κ1) is 11.4. The zero-order valence-electron chi connectivity index (χ0n) is 5.84. The summed E-state index contributed by atoms with van der Waals surface area (Å²) in [7, 11) is 1.72. The molecule has 0 aromatic carbocycles. The van der Waals surface area contributed by atoms with Crippen molar-refractivity contribution in [2.45, 2.75) is 0 Å². The van der Waals surface area contributed by atoms with E-state index in [1.54, 1.807) is 13.3 Å². The first-order chi connectivity index (χ1) is 3.56. The highest BCUT2D eigenvalue weighted by Gasteiger charge is 1.99. The molecule has 0 heterocycles. The molecule has 0 saturated carbocycles. The Morgan fingerprint density at radius 1 is 1.38 bits per heavy atom. The highest BCUT2D eigenvalue weighted by atomic mass is 31.2. The second kappa shape index (κ2) is 5.75. The van der Waals surface area contributed by atoms with Crippen LogP contribution in [0.5, 0.6) is 0 Å². The highest BCUT2D eigenvalue weighted by molar-refractivity contribution is 7.57. The maximum absolute atomic E-state index is 10.4. The average Bonchev–Trinajstić information content (AvgIpc) is 1.71. The van der Waals surface area contributed by atoms with E-state index < -0.39 is 7.37 Å². The Morgan fingerprint density at radius 3 is 1.50 bits per heavy atom. The van der Waals surface area contributed by atoms with Gasteiger partial charge in [0, 0.05) is 20.4 Å². The number of rotatable bonds is 1. The lowest BCUT2D eigenvalue weighted by atomic mass is 11.8. The van der Waals surface area contributed by atoms with Crippen LogP contribution < -0.4 is 0 Å². The first-order valence-electron chi connectivity index (χ1n) is 2.25. The minimum Gasteiger partial charge on any atom is -0.332 e. The van der Waals surface area contributed by atoms with Gasteiger partial charge in [-0.25, -0.2) is 0 Å². The van der Waals surface area contributed by atoms with Crippen LogP contribution in [0, 0.1) is 0 Å². The summed E-state index contributed by atoms with van der Waals surface area (Å²) in [6, 6.07) is 0. The van der Waals surface area contributed by atoms with E-state index in [1.807, 2.05) is 6.66 Å². The molecule has 0 saturated heterocycles. The van der Waals surface area contributed by atoms with Gasteiger partial charge in [-0.3, -0.25) is 4.57 Å². The van der Waals surface area contributed by atoms with E-state index >= 15 is 0 Å². The molecule has 0 aromatic rings. The minimum absolute atomic E-state index is 1.45. The average molecular weight is 156 g/mol. The van der Waals surface area contributed by atoms with Crippen LogP contribution in [0.15, 0.2) is 0 Å². The van der Waals surface area contributed by atoms with E-state index in [-0.39, 0.29) is 0 Å². The lowest BCUT2D eigenvalue weighted by Crippen LogP contribution is -1.74. The molecule has 0 spiro atoms. The topological polar surface area (TPSA) is 26.3 Å². The standard InChI is InChI=1S/C3H9O2P.CH5P/c1-5-6(2,3)4;1-2/h1-3H3;2H2,1H3. The van der Waals surface area contributed by atoms with Crippen LogP contribution >= 0.6 is 16.6 Å². The number of hydrogen-bond donors (Lipinski definition) is 0. The van der Waals surface area contributed by atoms with Gasteiger partial charge in [-0.1, -0.05) is 6.66 Å². The van der Waals surface area contributed by atoms with Crippen LogP contribution in [0.25, 0.3) is 0 Å². The van der Waals surface area contributed by atoms with Crippen LogP contribution in [-0.2, 0) is 9.09 Å². The molecule has 0 radical (unpaired) electrons. The normalized spacial score (nSPS) is 9.62. The molecule has 0 fully saturated rings. The molecule has 1 atom stereocenters. The SMILES string of the molecule is COP(C)(C)=O.CP. The minimum atomic E-state index is -2.15. The van der Waals surface area contributed by atoms with Crippen LogP contribution in [0.4, 0.5) is 0 Å². The molecular formula is C4H14O2P2. The van der Waals surface area contributed by atoms with E-state index in [0.717, 1.165) is 0 Å². The molecule has 0 amide bonds. The molecule has 0 aromatic heterocycles. The van der Waals surface area contributed by atoms with E-state index in [2.05, 4.69) is 13.8 Å². The second-order valence-electron chi connectivity index (χ2n) is 1.43. The van der Waals surface area contributed by atoms with Gasteiger partial charge in [0.1, 0.15) is 0 Å². The number of hydrogen-bond acceptors (Lipinski definition) is 2. The zero-order valence-corrected chi connectivity index (χ0v) is 7.89. The summed E-state index contributed by atoms with van der Waals surface area (Å²) in [6.07, 6.45) is 0. The van der Waals surface area contributed by atoms with E-state index in [9.17, 15) is 4.57 Å². The maximum atomic E-state index is 10.4. The molecule has 0 aliphatic rings. The van der Waals surface area contributed by atoms with Crippen LogP contribution in [-0.4, -0.2) is 27.1 Å². The lowest BCUT2D eigenvalue weighted by Gasteiger charge is -1.98. The molecule has 4 heteroatoms. The maximum Gasteiger partial charge on any atom is 0.196 e. The van der Waals surface area contributed by atoms with Gasteiger partial charge in [0.25, 0.3) is 0 Å². The van der Waals surface area contributed by atoms with Crippen LogP contribution in [0.3, 0.4) is 0 Å². The molecule has 0 bridgehead atoms. The third-order valence-corrected chi connectivity index (χ3v) is 1.32. The predicted octanol–water partition coefficient (Wildman–Crippen LogP) is 1.66. The fourth-order valence-electron chi connectivity index (χ4n) is 0. The Morgan fingerprint density at radius 2 is 1.50 bits per heavy atom. The largest absolute Gasteiger partial charge is 0.332 e. The third-order valence-electron chi connectivity index (χ3n) is 0.440. The summed E-state index contributed by atoms with van der Waals surface area (Å²) in [4.78, 5) is 0. The van der Waals surface area contributed by atoms with Crippen molar-refractivity contribution >= 4 is 16.6 Å². The summed E-state index contributed by atoms with van der Waals surface area (Å²) in [6.45, 7) is 5.07. The summed E-state index contributed by atoms with van der Waals surface area (Å²) >= 11 is 0. The molecule has 8 heavy (non-hydrogen) atoms. The molecule has 52 valence electrons. The van der Waals surface area contributed by atoms with Crippen molar-refractivity contribution in [3.8, 4) is 0 Å². The van der Waals surface area contributed by atoms with Gasteiger partial charge >= 0.3 is 0 Å². The van der Waals surface area contributed by atoms with Gasteiger partial charge in [-0.2, -0.15) is 0 Å². The van der Waals surface area contributed by atoms with Gasteiger partial charge in [0.2, 0.25) is 0 Å². The van der Waals surface area contributed by atoms with Gasteiger partial charge in [0.15, 0.2) is 7.37 Å². The Hall–Kier alpha value is 0.620. The molecule has 1 unspecified atom stereocenters. The zero-order chi connectivity index (χ0) is 7.21. The van der Waals surface area contributed by atoms with Crippen molar-refractivity contribution in [2.24, 2.45) is 0 Å². The van der Waals surface area contributed by atoms with Crippen LogP contribution in [0.1, 0.15) is 0 Å². The fourth-order valence-corrected chi connectivity index (χ4v) is 0. The van der Waals surface area contributed by atoms with Crippen molar-refractivity contribution in [1.29, 1.82) is 0 Å². The molecule has 0 rings (SSSR count). The predicted molar refractivity (Wildman–Crippen MR) is 42.1 cm³/mol. The van der Waals surface area contributed by atoms with E-state index in [4.69, 9.17) is 0 Å². The van der Waals surface area contributed by atoms with Crippen molar-refractivity contribution < 1.29 is 9.09 Å². The fraction of sp³-hybridized carbons (Fsp3) is 1.00. The van der Waals surface area contributed by atoms with Crippen molar-refractivity contribution in [3.63, 3.8) is 0 Å². The first-order valence-corrected chi connectivity index (χ1v) is 5.92.